The number of hydrogen-bond acceptors (Lipinski definition) is 7. The Kier molecular flexibility index (Phi) is 5.93. The van der Waals surface area contributed by atoms with Crippen LogP contribution in [0.4, 0.5) is 5.69 Å². The van der Waals surface area contributed by atoms with Crippen molar-refractivity contribution in [3.8, 4) is 11.5 Å². The van der Waals surface area contributed by atoms with Crippen LogP contribution >= 0.6 is 11.3 Å². The van der Waals surface area contributed by atoms with E-state index in [2.05, 4.69) is 4.72 Å². The molecule has 2 heterocycles. The van der Waals surface area contributed by atoms with E-state index in [-0.39, 0.29) is 16.3 Å². The van der Waals surface area contributed by atoms with Crippen molar-refractivity contribution in [2.75, 3.05) is 24.6 Å². The molecular formula is C20H20N2O6S3. The highest BCUT2D eigenvalue weighted by Gasteiger charge is 2.28. The summed E-state index contributed by atoms with van der Waals surface area (Å²) >= 11 is 1.43. The van der Waals surface area contributed by atoms with E-state index in [4.69, 9.17) is 9.47 Å². The molecule has 0 saturated heterocycles. The average molecular weight is 481 g/mol. The van der Waals surface area contributed by atoms with Crippen LogP contribution in [-0.2, 0) is 26.6 Å². The highest BCUT2D eigenvalue weighted by atomic mass is 32.2. The minimum absolute atomic E-state index is 0.0860. The van der Waals surface area contributed by atoms with E-state index in [1.807, 2.05) is 17.5 Å². The van der Waals surface area contributed by atoms with Gasteiger partial charge in [-0.2, -0.15) is 0 Å². The summed E-state index contributed by atoms with van der Waals surface area (Å²) in [5, 5.41) is 1.87. The largest absolute Gasteiger partial charge is 0.486 e. The van der Waals surface area contributed by atoms with Gasteiger partial charge in [0, 0.05) is 10.9 Å². The average Bonchev–Trinajstić information content (AvgIpc) is 3.30. The van der Waals surface area contributed by atoms with Gasteiger partial charge in [-0.3, -0.25) is 4.31 Å². The molecule has 0 atom stereocenters. The smallest absolute Gasteiger partial charge is 0.264 e. The Morgan fingerprint density at radius 3 is 2.39 bits per heavy atom. The third-order valence-electron chi connectivity index (χ3n) is 4.67. The summed E-state index contributed by atoms with van der Waals surface area (Å²) in [6.07, 6.45) is 0. The second-order valence-corrected chi connectivity index (χ2v) is 11.4. The summed E-state index contributed by atoms with van der Waals surface area (Å²) < 4.78 is 66.2. The fraction of sp³-hybridized carbons (Fsp3) is 0.200. The molecular weight excluding hydrogens is 460 g/mol. The number of benzene rings is 2. The SMILES string of the molecule is CNS(=O)(=O)c1cccc(S(=O)(=O)N(Cc2cccs2)c2ccc3c(c2)OCCO3)c1. The van der Waals surface area contributed by atoms with Crippen molar-refractivity contribution in [1.82, 2.24) is 4.72 Å². The first-order chi connectivity index (χ1) is 14.8. The predicted molar refractivity (Wildman–Crippen MR) is 118 cm³/mol. The lowest BCUT2D eigenvalue weighted by Crippen LogP contribution is -2.31. The van der Waals surface area contributed by atoms with Crippen molar-refractivity contribution in [3.63, 3.8) is 0 Å². The van der Waals surface area contributed by atoms with Crippen LogP contribution in [0.1, 0.15) is 4.88 Å². The van der Waals surface area contributed by atoms with Gasteiger partial charge in [-0.1, -0.05) is 12.1 Å². The minimum atomic E-state index is -4.10. The van der Waals surface area contributed by atoms with Crippen LogP contribution in [0, 0.1) is 0 Å². The molecule has 0 bridgehead atoms. The van der Waals surface area contributed by atoms with Crippen LogP contribution in [0.25, 0.3) is 0 Å². The Balaban J connectivity index is 1.81. The molecule has 1 aromatic heterocycles. The fourth-order valence-electron chi connectivity index (χ4n) is 3.09. The van der Waals surface area contributed by atoms with Crippen molar-refractivity contribution in [1.29, 1.82) is 0 Å². The van der Waals surface area contributed by atoms with Gasteiger partial charge in [0.1, 0.15) is 13.2 Å². The number of thiophene rings is 1. The zero-order chi connectivity index (χ0) is 22.1. The van der Waals surface area contributed by atoms with Gasteiger partial charge in [-0.25, -0.2) is 21.6 Å². The van der Waals surface area contributed by atoms with Gasteiger partial charge >= 0.3 is 0 Å². The van der Waals surface area contributed by atoms with Gasteiger partial charge in [0.05, 0.1) is 22.0 Å². The summed E-state index contributed by atoms with van der Waals surface area (Å²) in [5.41, 5.74) is 0.388. The molecule has 4 rings (SSSR count). The monoisotopic (exact) mass is 480 g/mol. The Morgan fingerprint density at radius 1 is 0.935 bits per heavy atom. The number of hydrogen-bond donors (Lipinski definition) is 1. The molecule has 164 valence electrons. The van der Waals surface area contributed by atoms with E-state index < -0.39 is 20.0 Å². The Morgan fingerprint density at radius 2 is 1.68 bits per heavy atom. The molecule has 0 radical (unpaired) electrons. The van der Waals surface area contributed by atoms with Crippen LogP contribution in [0.15, 0.2) is 69.8 Å². The van der Waals surface area contributed by atoms with Crippen molar-refractivity contribution in [2.45, 2.75) is 16.3 Å². The molecule has 0 aliphatic carbocycles. The maximum Gasteiger partial charge on any atom is 0.264 e. The van der Waals surface area contributed by atoms with Crippen molar-refractivity contribution < 1.29 is 26.3 Å². The number of ether oxygens (including phenoxy) is 2. The van der Waals surface area contributed by atoms with Gasteiger partial charge < -0.3 is 9.47 Å². The van der Waals surface area contributed by atoms with Crippen molar-refractivity contribution >= 4 is 37.1 Å². The van der Waals surface area contributed by atoms with Crippen molar-refractivity contribution in [3.05, 3.63) is 64.9 Å². The summed E-state index contributed by atoms with van der Waals surface area (Å²) in [4.78, 5) is 0.571. The van der Waals surface area contributed by atoms with Crippen LogP contribution < -0.4 is 18.5 Å². The lowest BCUT2D eigenvalue weighted by atomic mass is 10.2. The van der Waals surface area contributed by atoms with Gasteiger partial charge in [0.25, 0.3) is 10.0 Å². The topological polar surface area (TPSA) is 102 Å². The molecule has 31 heavy (non-hydrogen) atoms. The summed E-state index contributed by atoms with van der Waals surface area (Å²) in [6.45, 7) is 0.886. The van der Waals surface area contributed by atoms with E-state index in [0.717, 1.165) is 10.9 Å². The lowest BCUT2D eigenvalue weighted by molar-refractivity contribution is 0.171. The number of nitrogens with zero attached hydrogens (tertiary/aromatic N) is 1. The molecule has 0 saturated carbocycles. The number of rotatable bonds is 7. The maximum absolute atomic E-state index is 13.6. The third kappa shape index (κ3) is 4.40. The maximum atomic E-state index is 13.6. The van der Waals surface area contributed by atoms with E-state index in [1.165, 1.54) is 40.9 Å². The summed E-state index contributed by atoms with van der Waals surface area (Å²) in [6, 6.07) is 13.9. The molecule has 1 N–H and O–H groups in total. The fourth-order valence-corrected chi connectivity index (χ4v) is 6.20. The molecule has 0 unspecified atom stereocenters. The predicted octanol–water partition coefficient (Wildman–Crippen LogP) is 2.82. The van der Waals surface area contributed by atoms with Crippen LogP contribution in [0.5, 0.6) is 11.5 Å². The molecule has 1 aliphatic rings. The van der Waals surface area contributed by atoms with E-state index >= 15 is 0 Å². The van der Waals surface area contributed by atoms with Crippen LogP contribution in [0.3, 0.4) is 0 Å². The van der Waals surface area contributed by atoms with E-state index in [1.54, 1.807) is 18.2 Å². The van der Waals surface area contributed by atoms with Crippen LogP contribution in [-0.4, -0.2) is 37.1 Å². The third-order valence-corrected chi connectivity index (χ3v) is 8.71. The van der Waals surface area contributed by atoms with Gasteiger partial charge in [0.15, 0.2) is 11.5 Å². The van der Waals surface area contributed by atoms with Gasteiger partial charge in [-0.05, 0) is 48.8 Å². The second-order valence-electron chi connectivity index (χ2n) is 6.60. The molecule has 8 nitrogen and oxygen atoms in total. The first-order valence-electron chi connectivity index (χ1n) is 9.30. The van der Waals surface area contributed by atoms with Gasteiger partial charge in [0.2, 0.25) is 10.0 Å². The van der Waals surface area contributed by atoms with Gasteiger partial charge in [-0.15, -0.1) is 11.3 Å². The highest BCUT2D eigenvalue weighted by Crippen LogP contribution is 2.37. The zero-order valence-corrected chi connectivity index (χ0v) is 19.0. The number of fused-ring (bicyclic) bond motifs is 1. The first kappa shape index (κ1) is 21.6. The molecule has 2 aromatic carbocycles. The summed E-state index contributed by atoms with van der Waals surface area (Å²) in [7, 11) is -6.62. The minimum Gasteiger partial charge on any atom is -0.486 e. The number of sulfonamides is 2. The quantitative estimate of drug-likeness (QED) is 0.558. The number of anilines is 1. The Bertz CT molecular complexity index is 1290. The molecule has 0 fully saturated rings. The van der Waals surface area contributed by atoms with E-state index in [0.29, 0.717) is 30.4 Å². The standard InChI is InChI=1S/C20H20N2O6S3/c1-21-30(23,24)17-5-2-6-18(13-17)31(25,26)22(14-16-4-3-11-29-16)15-7-8-19-20(12-15)28-10-9-27-19/h2-8,11-13,21H,9-10,14H2,1H3. The second kappa shape index (κ2) is 8.50. The normalized spacial score (nSPS) is 13.7. The molecule has 0 amide bonds. The lowest BCUT2D eigenvalue weighted by Gasteiger charge is -2.26. The molecule has 11 heteroatoms. The van der Waals surface area contributed by atoms with E-state index in [9.17, 15) is 16.8 Å². The zero-order valence-electron chi connectivity index (χ0n) is 16.5. The highest BCUT2D eigenvalue weighted by molar-refractivity contribution is 7.93. The Hall–Kier alpha value is -2.60. The summed E-state index contributed by atoms with van der Waals surface area (Å²) in [5.74, 6) is 1.01. The first-order valence-corrected chi connectivity index (χ1v) is 13.1. The van der Waals surface area contributed by atoms with Crippen LogP contribution in [0.2, 0.25) is 0 Å². The van der Waals surface area contributed by atoms with Crippen molar-refractivity contribution in [2.24, 2.45) is 0 Å². The Labute approximate surface area is 185 Å². The molecule has 3 aromatic rings. The number of nitrogens with one attached hydrogen (secondary N) is 1. The molecule has 0 spiro atoms. The molecule has 1 aliphatic heterocycles.